The molecule has 4 nitrogen and oxygen atoms in total. The van der Waals surface area contributed by atoms with Gasteiger partial charge in [-0.3, -0.25) is 4.79 Å². The number of ether oxygens (including phenoxy) is 2. The maximum atomic E-state index is 13.9. The topological polar surface area (TPSA) is 47.6 Å². The van der Waals surface area contributed by atoms with Gasteiger partial charge >= 0.3 is 0 Å². The smallest absolute Gasteiger partial charge is 0.235 e. The van der Waals surface area contributed by atoms with Crippen molar-refractivity contribution in [2.75, 3.05) is 25.6 Å². The van der Waals surface area contributed by atoms with E-state index in [2.05, 4.69) is 5.32 Å². The Morgan fingerprint density at radius 2 is 1.73 bits per heavy atom. The molecule has 1 aliphatic rings. The van der Waals surface area contributed by atoms with Gasteiger partial charge in [0.1, 0.15) is 11.6 Å². The van der Waals surface area contributed by atoms with Gasteiger partial charge in [-0.1, -0.05) is 42.5 Å². The highest BCUT2D eigenvalue weighted by Gasteiger charge is 2.42. The molecule has 0 aliphatic carbocycles. The third kappa shape index (κ3) is 3.94. The summed E-state index contributed by atoms with van der Waals surface area (Å²) in [5.41, 5.74) is 2.56. The van der Waals surface area contributed by atoms with Crippen molar-refractivity contribution in [1.82, 2.24) is 0 Å². The van der Waals surface area contributed by atoms with Crippen molar-refractivity contribution >= 4 is 11.6 Å². The molecule has 0 aromatic heterocycles. The second kappa shape index (κ2) is 8.67. The number of carbonyl (C=O) groups excluding carboxylic acids is 1. The van der Waals surface area contributed by atoms with Gasteiger partial charge in [-0.15, -0.1) is 0 Å². The molecule has 3 aromatic carbocycles. The predicted molar refractivity (Wildman–Crippen MR) is 115 cm³/mol. The van der Waals surface area contributed by atoms with Crippen LogP contribution in [-0.2, 0) is 14.9 Å². The molecule has 3 aromatic rings. The van der Waals surface area contributed by atoms with Gasteiger partial charge in [0.25, 0.3) is 0 Å². The van der Waals surface area contributed by atoms with Crippen molar-refractivity contribution in [3.63, 3.8) is 0 Å². The number of amides is 1. The van der Waals surface area contributed by atoms with Crippen molar-refractivity contribution in [2.45, 2.75) is 18.3 Å². The van der Waals surface area contributed by atoms with E-state index in [4.69, 9.17) is 9.47 Å². The molecule has 0 atom stereocenters. The number of nitrogens with one attached hydrogen (secondary N) is 1. The molecule has 5 heteroatoms. The summed E-state index contributed by atoms with van der Waals surface area (Å²) in [5, 5.41) is 3.03. The molecule has 30 heavy (non-hydrogen) atoms. The van der Waals surface area contributed by atoms with Crippen LogP contribution < -0.4 is 10.1 Å². The molecule has 1 saturated heterocycles. The van der Waals surface area contributed by atoms with Crippen LogP contribution in [0.2, 0.25) is 0 Å². The first kappa shape index (κ1) is 20.1. The number of benzene rings is 3. The third-order valence-corrected chi connectivity index (χ3v) is 5.72. The van der Waals surface area contributed by atoms with Crippen LogP contribution in [0.3, 0.4) is 0 Å². The van der Waals surface area contributed by atoms with Crippen molar-refractivity contribution in [1.29, 1.82) is 0 Å². The highest BCUT2D eigenvalue weighted by Crippen LogP contribution is 2.37. The summed E-state index contributed by atoms with van der Waals surface area (Å²) in [6.07, 6.45) is 1.03. The van der Waals surface area contributed by atoms with E-state index in [0.29, 0.717) is 37.3 Å². The average Bonchev–Trinajstić information content (AvgIpc) is 2.80. The van der Waals surface area contributed by atoms with Crippen LogP contribution >= 0.6 is 0 Å². The quantitative estimate of drug-likeness (QED) is 0.636. The number of carbonyl (C=O) groups is 1. The van der Waals surface area contributed by atoms with Gasteiger partial charge in [0.05, 0.1) is 12.5 Å². The molecule has 0 bridgehead atoms. The Hall–Kier alpha value is -3.18. The van der Waals surface area contributed by atoms with E-state index in [-0.39, 0.29) is 11.7 Å². The molecule has 1 N–H and O–H groups in total. The summed E-state index contributed by atoms with van der Waals surface area (Å²) in [4.78, 5) is 13.3. The van der Waals surface area contributed by atoms with E-state index < -0.39 is 5.41 Å². The van der Waals surface area contributed by atoms with E-state index >= 15 is 0 Å². The summed E-state index contributed by atoms with van der Waals surface area (Å²) in [7, 11) is 1.65. The normalized spacial score (nSPS) is 15.4. The molecule has 0 unspecified atom stereocenters. The summed E-state index contributed by atoms with van der Waals surface area (Å²) in [5.74, 6) is 0.315. The maximum absolute atomic E-state index is 13.9. The SMILES string of the molecule is COc1ccccc1-c1ccc(NC(=O)C2(c3cccc(F)c3)CCOCC2)cc1. The Morgan fingerprint density at radius 1 is 1.00 bits per heavy atom. The second-order valence-electron chi connectivity index (χ2n) is 7.44. The lowest BCUT2D eigenvalue weighted by Gasteiger charge is -2.36. The van der Waals surface area contributed by atoms with Gasteiger partial charge in [0.2, 0.25) is 5.91 Å². The highest BCUT2D eigenvalue weighted by atomic mass is 19.1. The van der Waals surface area contributed by atoms with Crippen molar-refractivity contribution in [2.24, 2.45) is 0 Å². The molecule has 0 spiro atoms. The fourth-order valence-electron chi connectivity index (χ4n) is 4.02. The van der Waals surface area contributed by atoms with Crippen LogP contribution in [0.1, 0.15) is 18.4 Å². The van der Waals surface area contributed by atoms with E-state index in [1.165, 1.54) is 12.1 Å². The molecular weight excluding hydrogens is 381 g/mol. The first-order chi connectivity index (χ1) is 14.6. The summed E-state index contributed by atoms with van der Waals surface area (Å²) < 4.78 is 24.8. The minimum Gasteiger partial charge on any atom is -0.496 e. The Kier molecular flexibility index (Phi) is 5.81. The molecular formula is C25H24FNO3. The molecule has 1 amide bonds. The summed E-state index contributed by atoms with van der Waals surface area (Å²) in [6.45, 7) is 0.938. The van der Waals surface area contributed by atoms with Gasteiger partial charge in [-0.05, 0) is 54.3 Å². The molecule has 1 fully saturated rings. The van der Waals surface area contributed by atoms with Crippen molar-refractivity contribution in [3.8, 4) is 16.9 Å². The number of hydrogen-bond donors (Lipinski definition) is 1. The van der Waals surface area contributed by atoms with E-state index in [1.54, 1.807) is 13.2 Å². The molecule has 1 heterocycles. The fourth-order valence-corrected chi connectivity index (χ4v) is 4.02. The van der Waals surface area contributed by atoms with Crippen molar-refractivity contribution < 1.29 is 18.7 Å². The second-order valence-corrected chi connectivity index (χ2v) is 7.44. The number of methoxy groups -OCH3 is 1. The Bertz CT molecular complexity index is 1030. The zero-order valence-corrected chi connectivity index (χ0v) is 16.9. The largest absolute Gasteiger partial charge is 0.496 e. The first-order valence-electron chi connectivity index (χ1n) is 10.0. The molecule has 1 aliphatic heterocycles. The molecule has 154 valence electrons. The Balaban J connectivity index is 1.59. The zero-order valence-electron chi connectivity index (χ0n) is 16.9. The lowest BCUT2D eigenvalue weighted by Crippen LogP contribution is -2.44. The van der Waals surface area contributed by atoms with Gasteiger partial charge < -0.3 is 14.8 Å². The van der Waals surface area contributed by atoms with Gasteiger partial charge in [-0.25, -0.2) is 4.39 Å². The first-order valence-corrected chi connectivity index (χ1v) is 10.0. The lowest BCUT2D eigenvalue weighted by atomic mass is 9.73. The van der Waals surface area contributed by atoms with E-state index in [0.717, 1.165) is 16.9 Å². The number of rotatable bonds is 5. The third-order valence-electron chi connectivity index (χ3n) is 5.72. The number of anilines is 1. The maximum Gasteiger partial charge on any atom is 0.235 e. The number of halogens is 1. The lowest BCUT2D eigenvalue weighted by molar-refractivity contribution is -0.125. The minimum absolute atomic E-state index is 0.138. The van der Waals surface area contributed by atoms with Crippen LogP contribution in [0.4, 0.5) is 10.1 Å². The average molecular weight is 405 g/mol. The zero-order chi connectivity index (χ0) is 21.0. The van der Waals surface area contributed by atoms with Gasteiger partial charge in [-0.2, -0.15) is 0 Å². The fraction of sp³-hybridized carbons (Fsp3) is 0.240. The van der Waals surface area contributed by atoms with Gasteiger partial charge in [0.15, 0.2) is 0 Å². The standard InChI is InChI=1S/C25H24FNO3/c1-29-23-8-3-2-7-22(23)18-9-11-21(12-10-18)27-24(28)25(13-15-30-16-14-25)19-5-4-6-20(26)17-19/h2-12,17H,13-16H2,1H3,(H,27,28). The van der Waals surface area contributed by atoms with Crippen LogP contribution in [0.5, 0.6) is 5.75 Å². The Labute approximate surface area is 175 Å². The van der Waals surface area contributed by atoms with Crippen LogP contribution in [0, 0.1) is 5.82 Å². The number of para-hydroxylation sites is 1. The number of hydrogen-bond acceptors (Lipinski definition) is 3. The monoisotopic (exact) mass is 405 g/mol. The minimum atomic E-state index is -0.804. The van der Waals surface area contributed by atoms with Crippen molar-refractivity contribution in [3.05, 3.63) is 84.2 Å². The Morgan fingerprint density at radius 3 is 2.43 bits per heavy atom. The summed E-state index contributed by atoms with van der Waals surface area (Å²) >= 11 is 0. The van der Waals surface area contributed by atoms with Gasteiger partial charge in [0, 0.05) is 24.5 Å². The van der Waals surface area contributed by atoms with Crippen LogP contribution in [0.25, 0.3) is 11.1 Å². The molecule has 4 rings (SSSR count). The van der Waals surface area contributed by atoms with Crippen LogP contribution in [-0.4, -0.2) is 26.2 Å². The highest BCUT2D eigenvalue weighted by molar-refractivity contribution is 5.99. The molecule has 0 radical (unpaired) electrons. The van der Waals surface area contributed by atoms with E-state index in [1.807, 2.05) is 54.6 Å². The molecule has 0 saturated carbocycles. The van der Waals surface area contributed by atoms with E-state index in [9.17, 15) is 9.18 Å². The predicted octanol–water partition coefficient (Wildman–Crippen LogP) is 5.19. The van der Waals surface area contributed by atoms with Crippen LogP contribution in [0.15, 0.2) is 72.8 Å². The summed E-state index contributed by atoms with van der Waals surface area (Å²) in [6, 6.07) is 21.8.